The molecule has 12 heavy (non-hydrogen) atoms. The van der Waals surface area contributed by atoms with Crippen LogP contribution in [-0.4, -0.2) is 16.0 Å². The Bertz CT molecular complexity index is 277. The van der Waals surface area contributed by atoms with Gasteiger partial charge in [-0.25, -0.2) is 0 Å². The van der Waals surface area contributed by atoms with Crippen molar-refractivity contribution in [2.24, 2.45) is 5.16 Å². The topological polar surface area (TPSA) is 52.8 Å². The van der Waals surface area contributed by atoms with Crippen molar-refractivity contribution in [2.75, 3.05) is 0 Å². The zero-order valence-corrected chi connectivity index (χ0v) is 6.86. The van der Waals surface area contributed by atoms with Gasteiger partial charge in [0.05, 0.1) is 5.71 Å². The first-order valence-electron chi connectivity index (χ1n) is 3.78. The van der Waals surface area contributed by atoms with Crippen molar-refractivity contribution in [3.05, 3.63) is 29.8 Å². The van der Waals surface area contributed by atoms with Crippen molar-refractivity contribution in [3.8, 4) is 5.75 Å². The third-order valence-corrected chi connectivity index (χ3v) is 1.66. The van der Waals surface area contributed by atoms with E-state index in [1.807, 2.05) is 6.92 Å². The maximum absolute atomic E-state index is 8.98. The van der Waals surface area contributed by atoms with Gasteiger partial charge in [0.15, 0.2) is 0 Å². The van der Waals surface area contributed by atoms with Crippen LogP contribution in [0.5, 0.6) is 5.75 Å². The predicted molar refractivity (Wildman–Crippen MR) is 46.7 cm³/mol. The molecule has 0 aliphatic carbocycles. The minimum Gasteiger partial charge on any atom is -0.508 e. The predicted octanol–water partition coefficient (Wildman–Crippen LogP) is 1.98. The van der Waals surface area contributed by atoms with E-state index in [0.717, 1.165) is 5.56 Å². The van der Waals surface area contributed by atoms with Gasteiger partial charge < -0.3 is 10.3 Å². The lowest BCUT2D eigenvalue weighted by Crippen LogP contribution is -1.97. The Kier molecular flexibility index (Phi) is 2.69. The largest absolute Gasteiger partial charge is 0.508 e. The lowest BCUT2D eigenvalue weighted by atomic mass is 10.1. The van der Waals surface area contributed by atoms with Gasteiger partial charge in [-0.05, 0) is 36.2 Å². The molecule has 2 N–H and O–H groups in total. The van der Waals surface area contributed by atoms with E-state index in [2.05, 4.69) is 5.16 Å². The second kappa shape index (κ2) is 3.76. The molecule has 0 heterocycles. The molecule has 1 rings (SSSR count). The van der Waals surface area contributed by atoms with Crippen molar-refractivity contribution in [1.82, 2.24) is 0 Å². The summed E-state index contributed by atoms with van der Waals surface area (Å²) in [5.74, 6) is 0.215. The number of hydrogen-bond donors (Lipinski definition) is 2. The average Bonchev–Trinajstić information content (AvgIpc) is 2.10. The van der Waals surface area contributed by atoms with Gasteiger partial charge in [-0.3, -0.25) is 0 Å². The van der Waals surface area contributed by atoms with Crippen LogP contribution in [0.4, 0.5) is 0 Å². The Morgan fingerprint density at radius 1 is 1.33 bits per heavy atom. The van der Waals surface area contributed by atoms with Crippen LogP contribution in [0.1, 0.15) is 18.9 Å². The number of nitrogens with zero attached hydrogens (tertiary/aromatic N) is 1. The zero-order valence-electron chi connectivity index (χ0n) is 6.86. The third-order valence-electron chi connectivity index (χ3n) is 1.66. The first kappa shape index (κ1) is 8.59. The lowest BCUT2D eigenvalue weighted by molar-refractivity contribution is 0.318. The molecule has 3 nitrogen and oxygen atoms in total. The second-order valence-corrected chi connectivity index (χ2v) is 2.45. The third kappa shape index (κ3) is 1.75. The van der Waals surface area contributed by atoms with Crippen LogP contribution in [0.3, 0.4) is 0 Å². The maximum Gasteiger partial charge on any atom is 0.115 e. The molecule has 0 fully saturated rings. The monoisotopic (exact) mass is 165 g/mol. The summed E-state index contributed by atoms with van der Waals surface area (Å²) in [6.45, 7) is 1.90. The Morgan fingerprint density at radius 3 is 2.33 bits per heavy atom. The number of oxime groups is 1. The molecule has 0 spiro atoms. The quantitative estimate of drug-likeness (QED) is 0.400. The molecule has 0 aliphatic rings. The molecule has 0 saturated carbocycles. The number of aromatic hydroxyl groups is 1. The molecule has 0 radical (unpaired) electrons. The van der Waals surface area contributed by atoms with E-state index < -0.39 is 0 Å². The highest BCUT2D eigenvalue weighted by atomic mass is 16.4. The van der Waals surface area contributed by atoms with Gasteiger partial charge in [-0.2, -0.15) is 0 Å². The molecular weight excluding hydrogens is 154 g/mol. The lowest BCUT2D eigenvalue weighted by Gasteiger charge is -2.00. The highest BCUT2D eigenvalue weighted by molar-refractivity contribution is 6.00. The van der Waals surface area contributed by atoms with E-state index >= 15 is 0 Å². The fourth-order valence-corrected chi connectivity index (χ4v) is 0.986. The normalized spacial score (nSPS) is 11.6. The van der Waals surface area contributed by atoms with E-state index in [4.69, 9.17) is 10.3 Å². The molecule has 0 saturated heterocycles. The fourth-order valence-electron chi connectivity index (χ4n) is 0.986. The minimum absolute atomic E-state index is 0.215. The number of phenols is 1. The standard InChI is InChI=1S/C9H11NO2/c1-2-9(10-12)7-3-5-8(11)6-4-7/h3-6,11-12H,2H2,1H3/b10-9+. The Balaban J connectivity index is 2.96. The summed E-state index contributed by atoms with van der Waals surface area (Å²) in [6.07, 6.45) is 0.668. The molecule has 0 amide bonds. The van der Waals surface area contributed by atoms with Gasteiger partial charge in [0.2, 0.25) is 0 Å². The van der Waals surface area contributed by atoms with Gasteiger partial charge in [0, 0.05) is 0 Å². The number of rotatable bonds is 2. The first-order valence-corrected chi connectivity index (χ1v) is 3.78. The molecule has 0 aromatic heterocycles. The Morgan fingerprint density at radius 2 is 1.92 bits per heavy atom. The summed E-state index contributed by atoms with van der Waals surface area (Å²) in [7, 11) is 0. The van der Waals surface area contributed by atoms with Gasteiger partial charge >= 0.3 is 0 Å². The second-order valence-electron chi connectivity index (χ2n) is 2.45. The molecule has 1 aromatic rings. The zero-order chi connectivity index (χ0) is 8.97. The van der Waals surface area contributed by atoms with Gasteiger partial charge in [-0.15, -0.1) is 0 Å². The highest BCUT2D eigenvalue weighted by Crippen LogP contribution is 2.11. The van der Waals surface area contributed by atoms with E-state index in [9.17, 15) is 0 Å². The van der Waals surface area contributed by atoms with Crippen LogP contribution in [0.2, 0.25) is 0 Å². The maximum atomic E-state index is 8.98. The van der Waals surface area contributed by atoms with Crippen molar-refractivity contribution in [1.29, 1.82) is 0 Å². The van der Waals surface area contributed by atoms with E-state index in [-0.39, 0.29) is 5.75 Å². The molecule has 0 unspecified atom stereocenters. The Hall–Kier alpha value is -1.51. The summed E-state index contributed by atoms with van der Waals surface area (Å²) in [5, 5.41) is 20.7. The van der Waals surface area contributed by atoms with E-state index in [0.29, 0.717) is 12.1 Å². The molecule has 0 bridgehead atoms. The summed E-state index contributed by atoms with van der Waals surface area (Å²) < 4.78 is 0. The SMILES string of the molecule is CC/C(=N\O)c1ccc(O)cc1. The Labute approximate surface area is 71.0 Å². The van der Waals surface area contributed by atoms with E-state index in [1.165, 1.54) is 0 Å². The van der Waals surface area contributed by atoms with Crippen LogP contribution in [0.15, 0.2) is 29.4 Å². The van der Waals surface area contributed by atoms with E-state index in [1.54, 1.807) is 24.3 Å². The van der Waals surface area contributed by atoms with Crippen LogP contribution in [0.25, 0.3) is 0 Å². The molecule has 0 atom stereocenters. The molecular formula is C9H11NO2. The van der Waals surface area contributed by atoms with Crippen molar-refractivity contribution >= 4 is 5.71 Å². The molecule has 0 aliphatic heterocycles. The van der Waals surface area contributed by atoms with Crippen molar-refractivity contribution in [3.63, 3.8) is 0 Å². The van der Waals surface area contributed by atoms with Crippen molar-refractivity contribution in [2.45, 2.75) is 13.3 Å². The van der Waals surface area contributed by atoms with Crippen LogP contribution < -0.4 is 0 Å². The van der Waals surface area contributed by atoms with Crippen LogP contribution in [0, 0.1) is 0 Å². The fraction of sp³-hybridized carbons (Fsp3) is 0.222. The molecule has 64 valence electrons. The van der Waals surface area contributed by atoms with Gasteiger partial charge in [0.25, 0.3) is 0 Å². The number of benzene rings is 1. The smallest absolute Gasteiger partial charge is 0.115 e. The number of hydrogen-bond acceptors (Lipinski definition) is 3. The first-order chi connectivity index (χ1) is 5.77. The summed E-state index contributed by atoms with van der Waals surface area (Å²) >= 11 is 0. The van der Waals surface area contributed by atoms with Crippen molar-refractivity contribution < 1.29 is 10.3 Å². The van der Waals surface area contributed by atoms with Crippen LogP contribution >= 0.6 is 0 Å². The molecule has 1 aromatic carbocycles. The van der Waals surface area contributed by atoms with Gasteiger partial charge in [0.1, 0.15) is 5.75 Å². The average molecular weight is 165 g/mol. The minimum atomic E-state index is 0.215. The van der Waals surface area contributed by atoms with Crippen LogP contribution in [-0.2, 0) is 0 Å². The van der Waals surface area contributed by atoms with Gasteiger partial charge in [-0.1, -0.05) is 12.1 Å². The summed E-state index contributed by atoms with van der Waals surface area (Å²) in [5.41, 5.74) is 1.45. The number of phenolic OH excluding ortho intramolecular Hbond substituents is 1. The summed E-state index contributed by atoms with van der Waals surface area (Å²) in [6, 6.07) is 6.56. The highest BCUT2D eigenvalue weighted by Gasteiger charge is 2.00. The molecule has 3 heteroatoms. The summed E-state index contributed by atoms with van der Waals surface area (Å²) in [4.78, 5) is 0.